The Morgan fingerprint density at radius 3 is 2.93 bits per heavy atom. The number of rotatable bonds is 3. The predicted molar refractivity (Wildman–Crippen MR) is 56.2 cm³/mol. The fourth-order valence-corrected chi connectivity index (χ4v) is 2.32. The highest BCUT2D eigenvalue weighted by Crippen LogP contribution is 2.31. The Balaban J connectivity index is 2.22. The first kappa shape index (κ1) is 9.74. The van der Waals surface area contributed by atoms with E-state index in [4.69, 9.17) is 4.42 Å². The first-order valence-electron chi connectivity index (χ1n) is 5.17. The third kappa shape index (κ3) is 1.70. The second kappa shape index (κ2) is 3.75. The van der Waals surface area contributed by atoms with Crippen LogP contribution in [0, 0.1) is 0 Å². The maximum absolute atomic E-state index is 5.53. The molecule has 14 heavy (non-hydrogen) atoms. The van der Waals surface area contributed by atoms with Gasteiger partial charge in [-0.25, -0.2) is 0 Å². The van der Waals surface area contributed by atoms with Crippen molar-refractivity contribution in [2.75, 3.05) is 27.2 Å². The molecule has 0 amide bonds. The van der Waals surface area contributed by atoms with Crippen molar-refractivity contribution in [3.05, 3.63) is 24.2 Å². The summed E-state index contributed by atoms with van der Waals surface area (Å²) in [5.41, 5.74) is 0.0486. The van der Waals surface area contributed by atoms with Gasteiger partial charge in [0.15, 0.2) is 0 Å². The lowest BCUT2D eigenvalue weighted by Gasteiger charge is -2.30. The van der Waals surface area contributed by atoms with Gasteiger partial charge in [0.25, 0.3) is 0 Å². The summed E-state index contributed by atoms with van der Waals surface area (Å²) < 4.78 is 5.53. The van der Waals surface area contributed by atoms with Gasteiger partial charge in [0.1, 0.15) is 5.76 Å². The van der Waals surface area contributed by atoms with Crippen LogP contribution in [0.1, 0.15) is 18.6 Å². The molecule has 1 aromatic heterocycles. The Labute approximate surface area is 85.1 Å². The molecular weight excluding hydrogens is 176 g/mol. The van der Waals surface area contributed by atoms with Gasteiger partial charge in [-0.2, -0.15) is 0 Å². The molecule has 0 saturated carbocycles. The summed E-state index contributed by atoms with van der Waals surface area (Å²) >= 11 is 0. The lowest BCUT2D eigenvalue weighted by atomic mass is 9.94. The van der Waals surface area contributed by atoms with E-state index >= 15 is 0 Å². The second-order valence-electron chi connectivity index (χ2n) is 4.33. The van der Waals surface area contributed by atoms with Crippen molar-refractivity contribution in [1.82, 2.24) is 10.2 Å². The van der Waals surface area contributed by atoms with Crippen molar-refractivity contribution in [2.45, 2.75) is 18.4 Å². The third-order valence-corrected chi connectivity index (χ3v) is 2.82. The molecule has 1 aromatic rings. The molecule has 2 heterocycles. The minimum absolute atomic E-state index is 0.0486. The predicted octanol–water partition coefficient (Wildman–Crippen LogP) is 1.42. The van der Waals surface area contributed by atoms with Gasteiger partial charge < -0.3 is 14.6 Å². The van der Waals surface area contributed by atoms with E-state index in [1.165, 1.54) is 12.8 Å². The quantitative estimate of drug-likeness (QED) is 0.789. The van der Waals surface area contributed by atoms with Gasteiger partial charge in [-0.05, 0) is 45.6 Å². The summed E-state index contributed by atoms with van der Waals surface area (Å²) in [6, 6.07) is 4.04. The highest BCUT2D eigenvalue weighted by Gasteiger charge is 2.38. The van der Waals surface area contributed by atoms with Gasteiger partial charge in [0.05, 0.1) is 11.8 Å². The van der Waals surface area contributed by atoms with Gasteiger partial charge in [0.2, 0.25) is 0 Å². The van der Waals surface area contributed by atoms with E-state index in [9.17, 15) is 0 Å². The molecule has 1 saturated heterocycles. The average Bonchev–Trinajstić information content (AvgIpc) is 2.69. The van der Waals surface area contributed by atoms with Gasteiger partial charge >= 0.3 is 0 Å². The second-order valence-corrected chi connectivity index (χ2v) is 4.33. The van der Waals surface area contributed by atoms with E-state index in [-0.39, 0.29) is 5.54 Å². The zero-order chi connectivity index (χ0) is 10.0. The van der Waals surface area contributed by atoms with E-state index in [2.05, 4.69) is 30.4 Å². The number of nitrogens with zero attached hydrogens (tertiary/aromatic N) is 1. The summed E-state index contributed by atoms with van der Waals surface area (Å²) in [5.74, 6) is 1.07. The Bertz CT molecular complexity index is 273. The first-order valence-corrected chi connectivity index (χ1v) is 5.17. The van der Waals surface area contributed by atoms with Crippen LogP contribution >= 0.6 is 0 Å². The minimum Gasteiger partial charge on any atom is -0.467 e. The highest BCUT2D eigenvalue weighted by molar-refractivity contribution is 5.15. The van der Waals surface area contributed by atoms with Crippen molar-refractivity contribution in [1.29, 1.82) is 0 Å². The number of hydrogen-bond acceptors (Lipinski definition) is 3. The van der Waals surface area contributed by atoms with Crippen LogP contribution in [0.4, 0.5) is 0 Å². The molecule has 1 fully saturated rings. The SMILES string of the molecule is CN(C)CC1(c2ccco2)CCCN1. The molecule has 0 bridgehead atoms. The summed E-state index contributed by atoms with van der Waals surface area (Å²) in [6.07, 6.45) is 4.15. The van der Waals surface area contributed by atoms with E-state index < -0.39 is 0 Å². The molecule has 1 unspecified atom stereocenters. The molecule has 0 aromatic carbocycles. The molecular formula is C11H18N2O. The molecule has 78 valence electrons. The summed E-state index contributed by atoms with van der Waals surface area (Å²) in [6.45, 7) is 2.09. The summed E-state index contributed by atoms with van der Waals surface area (Å²) in [4.78, 5) is 2.21. The van der Waals surface area contributed by atoms with Crippen molar-refractivity contribution in [3.8, 4) is 0 Å². The lowest BCUT2D eigenvalue weighted by Crippen LogP contribution is -2.45. The highest BCUT2D eigenvalue weighted by atomic mass is 16.3. The van der Waals surface area contributed by atoms with Crippen LogP contribution in [0.25, 0.3) is 0 Å². The standard InChI is InChI=1S/C11H18N2O/c1-13(2)9-11(6-4-7-12-11)10-5-3-8-14-10/h3,5,8,12H,4,6-7,9H2,1-2H3. The monoisotopic (exact) mass is 194 g/mol. The molecule has 3 heteroatoms. The zero-order valence-electron chi connectivity index (χ0n) is 8.92. The molecule has 0 spiro atoms. The number of hydrogen-bond donors (Lipinski definition) is 1. The Hall–Kier alpha value is -0.800. The van der Waals surface area contributed by atoms with Crippen molar-refractivity contribution in [3.63, 3.8) is 0 Å². The molecule has 1 aliphatic heterocycles. The van der Waals surface area contributed by atoms with Crippen LogP contribution in [0.3, 0.4) is 0 Å². The Morgan fingerprint density at radius 1 is 1.57 bits per heavy atom. The number of nitrogens with one attached hydrogen (secondary N) is 1. The van der Waals surface area contributed by atoms with Gasteiger partial charge in [-0.1, -0.05) is 0 Å². The van der Waals surface area contributed by atoms with Gasteiger partial charge in [-0.3, -0.25) is 0 Å². The van der Waals surface area contributed by atoms with Crippen molar-refractivity contribution in [2.24, 2.45) is 0 Å². The van der Waals surface area contributed by atoms with Crippen molar-refractivity contribution < 1.29 is 4.42 Å². The molecule has 1 N–H and O–H groups in total. The average molecular weight is 194 g/mol. The normalized spacial score (nSPS) is 27.4. The van der Waals surface area contributed by atoms with Gasteiger partial charge in [-0.15, -0.1) is 0 Å². The molecule has 0 aliphatic carbocycles. The van der Waals surface area contributed by atoms with Crippen LogP contribution in [-0.2, 0) is 5.54 Å². The minimum atomic E-state index is 0.0486. The number of furan rings is 1. The Kier molecular flexibility index (Phi) is 2.61. The smallest absolute Gasteiger partial charge is 0.125 e. The van der Waals surface area contributed by atoms with Crippen LogP contribution in [0.15, 0.2) is 22.8 Å². The molecule has 3 nitrogen and oxygen atoms in total. The van der Waals surface area contributed by atoms with Crippen LogP contribution in [-0.4, -0.2) is 32.1 Å². The van der Waals surface area contributed by atoms with Crippen LogP contribution < -0.4 is 5.32 Å². The first-order chi connectivity index (χ1) is 6.73. The third-order valence-electron chi connectivity index (χ3n) is 2.82. The van der Waals surface area contributed by atoms with E-state index in [1.54, 1.807) is 6.26 Å². The van der Waals surface area contributed by atoms with Crippen molar-refractivity contribution >= 4 is 0 Å². The fraction of sp³-hybridized carbons (Fsp3) is 0.636. The molecule has 0 radical (unpaired) electrons. The maximum atomic E-state index is 5.53. The fourth-order valence-electron chi connectivity index (χ4n) is 2.32. The zero-order valence-corrected chi connectivity index (χ0v) is 8.92. The van der Waals surface area contributed by atoms with E-state index in [0.29, 0.717) is 0 Å². The summed E-state index contributed by atoms with van der Waals surface area (Å²) in [5, 5.41) is 3.57. The lowest BCUT2D eigenvalue weighted by molar-refractivity contribution is 0.223. The molecule has 1 atom stereocenters. The maximum Gasteiger partial charge on any atom is 0.125 e. The van der Waals surface area contributed by atoms with Crippen LogP contribution in [0.5, 0.6) is 0 Å². The van der Waals surface area contributed by atoms with E-state index in [1.807, 2.05) is 6.07 Å². The molecule has 1 aliphatic rings. The molecule has 2 rings (SSSR count). The van der Waals surface area contributed by atoms with Crippen LogP contribution in [0.2, 0.25) is 0 Å². The summed E-state index contributed by atoms with van der Waals surface area (Å²) in [7, 11) is 4.20. The van der Waals surface area contributed by atoms with E-state index in [0.717, 1.165) is 18.8 Å². The number of likely N-dealkylation sites (N-methyl/N-ethyl adjacent to an activating group) is 1. The van der Waals surface area contributed by atoms with Gasteiger partial charge in [0, 0.05) is 6.54 Å². The largest absolute Gasteiger partial charge is 0.467 e. The topological polar surface area (TPSA) is 28.4 Å². The Morgan fingerprint density at radius 2 is 2.43 bits per heavy atom.